The van der Waals surface area contributed by atoms with Crippen molar-refractivity contribution in [3.05, 3.63) is 0 Å². The molecule has 0 aromatic carbocycles. The number of carbonyl (C=O) groups excluding carboxylic acids is 1. The topological polar surface area (TPSA) is 17.1 Å². The molecule has 0 aliphatic rings. The zero-order valence-electron chi connectivity index (χ0n) is 7.05. The van der Waals surface area contributed by atoms with Crippen LogP contribution >= 0.6 is 24.4 Å². The van der Waals surface area contributed by atoms with Crippen molar-refractivity contribution in [3.8, 4) is 0 Å². The standard InChI is InChI=1S/C5H10OS2.K.H/c1-4(2)3-8-5(6)7;;/h4H,3H2,1-2H3,(H,6,7);;/q;+1;-1. The zero-order chi connectivity index (χ0) is 6.57. The molecule has 9 heavy (non-hydrogen) atoms. The molecule has 0 atom stereocenters. The van der Waals surface area contributed by atoms with Gasteiger partial charge in [0.1, 0.15) is 0 Å². The van der Waals surface area contributed by atoms with Crippen molar-refractivity contribution in [1.29, 1.82) is 0 Å². The third kappa shape index (κ3) is 13.1. The monoisotopic (exact) mass is 190 g/mol. The van der Waals surface area contributed by atoms with Gasteiger partial charge in [-0.2, -0.15) is 0 Å². The summed E-state index contributed by atoms with van der Waals surface area (Å²) in [5, 5.41) is 0. The van der Waals surface area contributed by atoms with Crippen LogP contribution in [0.2, 0.25) is 0 Å². The predicted octanol–water partition coefficient (Wildman–Crippen LogP) is -0.458. The van der Waals surface area contributed by atoms with Crippen LogP contribution in [0.4, 0.5) is 4.79 Å². The second-order valence-electron chi connectivity index (χ2n) is 1.97. The first kappa shape index (κ1) is 13.6. The first-order valence-electron chi connectivity index (χ1n) is 2.48. The average Bonchev–Trinajstić information content (AvgIpc) is 1.61. The number of carbonyl (C=O) groups is 1. The number of hydrogen-bond donors (Lipinski definition) is 1. The second-order valence-corrected chi connectivity index (χ2v) is 3.67. The van der Waals surface area contributed by atoms with E-state index in [-0.39, 0.29) is 57.3 Å². The normalized spacial score (nSPS) is 8.89. The molecule has 0 spiro atoms. The van der Waals surface area contributed by atoms with Crippen molar-refractivity contribution in [3.63, 3.8) is 0 Å². The minimum Gasteiger partial charge on any atom is -1.00 e. The fourth-order valence-electron chi connectivity index (χ4n) is 0.238. The van der Waals surface area contributed by atoms with Gasteiger partial charge >= 0.3 is 51.4 Å². The predicted molar refractivity (Wildman–Crippen MR) is 42.8 cm³/mol. The second kappa shape index (κ2) is 8.11. The Bertz CT molecular complexity index is 89.7. The van der Waals surface area contributed by atoms with E-state index in [0.717, 1.165) is 5.75 Å². The van der Waals surface area contributed by atoms with Gasteiger partial charge in [-0.3, -0.25) is 4.79 Å². The van der Waals surface area contributed by atoms with E-state index in [4.69, 9.17) is 0 Å². The maximum atomic E-state index is 10.2. The summed E-state index contributed by atoms with van der Waals surface area (Å²) in [4.78, 5) is 10.2. The van der Waals surface area contributed by atoms with Crippen LogP contribution in [0, 0.1) is 5.92 Å². The Morgan fingerprint density at radius 2 is 2.22 bits per heavy atom. The summed E-state index contributed by atoms with van der Waals surface area (Å²) in [6.07, 6.45) is 0. The van der Waals surface area contributed by atoms with Gasteiger partial charge in [-0.05, 0) is 5.92 Å². The minimum absolute atomic E-state index is 0. The van der Waals surface area contributed by atoms with Gasteiger partial charge in [0.2, 0.25) is 4.45 Å². The fraction of sp³-hybridized carbons (Fsp3) is 0.800. The summed E-state index contributed by atoms with van der Waals surface area (Å²) in [6, 6.07) is 0. The molecule has 0 radical (unpaired) electrons. The Labute approximate surface area is 110 Å². The maximum absolute atomic E-state index is 10.2. The van der Waals surface area contributed by atoms with Crippen molar-refractivity contribution >= 4 is 28.8 Å². The van der Waals surface area contributed by atoms with Gasteiger partial charge in [0.05, 0.1) is 0 Å². The summed E-state index contributed by atoms with van der Waals surface area (Å²) in [7, 11) is 0. The quantitative estimate of drug-likeness (QED) is 0.469. The molecule has 0 amide bonds. The molecular weight excluding hydrogens is 179 g/mol. The van der Waals surface area contributed by atoms with Gasteiger partial charge in [-0.15, -0.1) is 0 Å². The van der Waals surface area contributed by atoms with Gasteiger partial charge < -0.3 is 1.43 Å². The van der Waals surface area contributed by atoms with Gasteiger partial charge in [-0.25, -0.2) is 0 Å². The van der Waals surface area contributed by atoms with E-state index in [9.17, 15) is 4.79 Å². The Morgan fingerprint density at radius 3 is 2.33 bits per heavy atom. The molecule has 0 N–H and O–H groups in total. The van der Waals surface area contributed by atoms with Crippen LogP contribution in [0.5, 0.6) is 0 Å². The molecule has 0 saturated heterocycles. The summed E-state index contributed by atoms with van der Waals surface area (Å²) >= 11 is 4.86. The summed E-state index contributed by atoms with van der Waals surface area (Å²) < 4.78 is -0.0845. The first-order valence-corrected chi connectivity index (χ1v) is 3.92. The molecule has 0 aromatic rings. The fourth-order valence-corrected chi connectivity index (χ4v) is 0.937. The van der Waals surface area contributed by atoms with Gasteiger partial charge in [0, 0.05) is 5.75 Å². The van der Waals surface area contributed by atoms with Crippen molar-refractivity contribution in [2.75, 3.05) is 5.75 Å². The van der Waals surface area contributed by atoms with E-state index in [2.05, 4.69) is 26.5 Å². The molecule has 0 unspecified atom stereocenters. The Morgan fingerprint density at radius 1 is 1.78 bits per heavy atom. The number of thioether (sulfide) groups is 1. The Balaban J connectivity index is -0.000000245. The molecule has 0 aliphatic carbocycles. The molecule has 0 aliphatic heterocycles. The van der Waals surface area contributed by atoms with Gasteiger partial charge in [0.15, 0.2) is 0 Å². The number of rotatable bonds is 2. The minimum atomic E-state index is -0.0845. The maximum Gasteiger partial charge on any atom is 1.00 e. The van der Waals surface area contributed by atoms with E-state index in [0.29, 0.717) is 5.92 Å². The number of hydrogen-bond acceptors (Lipinski definition) is 2. The van der Waals surface area contributed by atoms with Crippen molar-refractivity contribution in [2.24, 2.45) is 5.92 Å². The summed E-state index contributed by atoms with van der Waals surface area (Å²) in [5.41, 5.74) is 0. The van der Waals surface area contributed by atoms with Crippen molar-refractivity contribution < 1.29 is 57.6 Å². The van der Waals surface area contributed by atoms with E-state index in [1.807, 2.05) is 0 Å². The van der Waals surface area contributed by atoms with Crippen LogP contribution in [0.3, 0.4) is 0 Å². The molecule has 0 bridgehead atoms. The largest absolute Gasteiger partial charge is 1.00 e. The van der Waals surface area contributed by atoms with Crippen LogP contribution in [-0.4, -0.2) is 10.2 Å². The molecule has 0 aromatic heterocycles. The molecule has 0 saturated carbocycles. The van der Waals surface area contributed by atoms with E-state index in [1.165, 1.54) is 11.8 Å². The zero-order valence-corrected chi connectivity index (χ0v) is 10.9. The third-order valence-electron chi connectivity index (χ3n) is 0.540. The van der Waals surface area contributed by atoms with E-state index >= 15 is 0 Å². The third-order valence-corrected chi connectivity index (χ3v) is 2.01. The molecule has 50 valence electrons. The number of thiol groups is 1. The van der Waals surface area contributed by atoms with Crippen LogP contribution < -0.4 is 51.4 Å². The Kier molecular flexibility index (Phi) is 12.2. The molecule has 4 heteroatoms. The van der Waals surface area contributed by atoms with E-state index < -0.39 is 0 Å². The van der Waals surface area contributed by atoms with Crippen LogP contribution in [0.15, 0.2) is 0 Å². The smallest absolute Gasteiger partial charge is 1.00 e. The van der Waals surface area contributed by atoms with E-state index in [1.54, 1.807) is 0 Å². The SMILES string of the molecule is CC(C)CSC(=O)S.[H-].[K+]. The summed E-state index contributed by atoms with van der Waals surface area (Å²) in [6.45, 7) is 4.15. The average molecular weight is 190 g/mol. The molecule has 1 nitrogen and oxygen atoms in total. The van der Waals surface area contributed by atoms with Crippen LogP contribution in [0.25, 0.3) is 0 Å². The van der Waals surface area contributed by atoms with Gasteiger partial charge in [0.25, 0.3) is 0 Å². The van der Waals surface area contributed by atoms with Crippen molar-refractivity contribution in [2.45, 2.75) is 13.8 Å². The molecule has 0 heterocycles. The van der Waals surface area contributed by atoms with Gasteiger partial charge in [-0.1, -0.05) is 38.2 Å². The molecule has 0 rings (SSSR count). The molecule has 0 fully saturated rings. The van der Waals surface area contributed by atoms with Crippen LogP contribution in [-0.2, 0) is 0 Å². The van der Waals surface area contributed by atoms with Crippen LogP contribution in [0.1, 0.15) is 15.3 Å². The Hall–Kier alpha value is 2.01. The molecular formula is C5H11KOS2. The van der Waals surface area contributed by atoms with Crippen molar-refractivity contribution in [1.82, 2.24) is 0 Å². The first-order chi connectivity index (χ1) is 3.63. The summed E-state index contributed by atoms with van der Waals surface area (Å²) in [5.74, 6) is 1.46.